The van der Waals surface area contributed by atoms with Crippen LogP contribution in [0.25, 0.3) is 11.6 Å². The first-order valence-corrected chi connectivity index (χ1v) is 9.55. The minimum absolute atomic E-state index is 0.225. The Morgan fingerprint density at radius 2 is 2.08 bits per heavy atom. The third-order valence-corrected chi connectivity index (χ3v) is 5.40. The first kappa shape index (κ1) is 16.4. The molecule has 0 amide bonds. The summed E-state index contributed by atoms with van der Waals surface area (Å²) in [4.78, 5) is 0. The number of benzene rings is 1. The summed E-state index contributed by atoms with van der Waals surface area (Å²) in [5.41, 5.74) is 2.55. The van der Waals surface area contributed by atoms with Crippen LogP contribution in [0, 0.1) is 6.92 Å². The van der Waals surface area contributed by atoms with Crippen LogP contribution in [0.3, 0.4) is 0 Å². The molecular weight excluding hydrogens is 334 g/mol. The van der Waals surface area contributed by atoms with Crippen LogP contribution in [-0.4, -0.2) is 27.5 Å². The van der Waals surface area contributed by atoms with Gasteiger partial charge in [-0.15, -0.1) is 10.2 Å². The van der Waals surface area contributed by atoms with Crippen molar-refractivity contribution in [2.75, 3.05) is 6.61 Å². The van der Waals surface area contributed by atoms with E-state index >= 15 is 0 Å². The van der Waals surface area contributed by atoms with Crippen molar-refractivity contribution in [1.29, 1.82) is 0 Å². The van der Waals surface area contributed by atoms with Gasteiger partial charge in [-0.1, -0.05) is 41.6 Å². The second kappa shape index (κ2) is 7.45. The minimum atomic E-state index is 0.225. The Hall–Kier alpha value is -2.05. The van der Waals surface area contributed by atoms with E-state index in [2.05, 4.69) is 46.0 Å². The molecule has 1 fully saturated rings. The zero-order valence-electron chi connectivity index (χ0n) is 14.2. The topological polar surface area (TPSA) is 53.1 Å². The molecule has 0 N–H and O–H groups in total. The summed E-state index contributed by atoms with van der Waals surface area (Å²) in [6, 6.07) is 12.4. The standard InChI is InChI=1S/C19H21N3O2S/c1-14-6-8-15(9-7-14)13-25-19-21-20-18(17-5-3-11-24-17)22(19)12-16-4-2-10-23-16/h3,5-9,11,16H,2,4,10,12-13H2,1H3. The number of rotatable bonds is 6. The van der Waals surface area contributed by atoms with E-state index < -0.39 is 0 Å². The molecule has 1 atom stereocenters. The van der Waals surface area contributed by atoms with Crippen LogP contribution in [0.15, 0.2) is 52.2 Å². The van der Waals surface area contributed by atoms with Gasteiger partial charge in [0.2, 0.25) is 5.82 Å². The molecule has 0 aliphatic carbocycles. The predicted molar refractivity (Wildman–Crippen MR) is 97.4 cm³/mol. The molecule has 1 aliphatic heterocycles. The maximum atomic E-state index is 5.81. The van der Waals surface area contributed by atoms with Crippen LogP contribution in [0.2, 0.25) is 0 Å². The summed E-state index contributed by atoms with van der Waals surface area (Å²) in [5, 5.41) is 9.68. The lowest BCUT2D eigenvalue weighted by Crippen LogP contribution is -2.16. The van der Waals surface area contributed by atoms with E-state index in [1.54, 1.807) is 18.0 Å². The summed E-state index contributed by atoms with van der Waals surface area (Å²) < 4.78 is 13.5. The van der Waals surface area contributed by atoms with Crippen molar-refractivity contribution in [3.63, 3.8) is 0 Å². The summed E-state index contributed by atoms with van der Waals surface area (Å²) in [7, 11) is 0. The molecule has 0 radical (unpaired) electrons. The molecule has 6 heteroatoms. The molecule has 25 heavy (non-hydrogen) atoms. The number of hydrogen-bond donors (Lipinski definition) is 0. The molecule has 3 aromatic rings. The number of aromatic nitrogens is 3. The lowest BCUT2D eigenvalue weighted by Gasteiger charge is -2.14. The third kappa shape index (κ3) is 3.80. The Morgan fingerprint density at radius 3 is 2.80 bits per heavy atom. The van der Waals surface area contributed by atoms with Gasteiger partial charge in [-0.2, -0.15) is 0 Å². The van der Waals surface area contributed by atoms with E-state index in [0.717, 1.165) is 48.5 Å². The molecule has 0 bridgehead atoms. The van der Waals surface area contributed by atoms with Crippen molar-refractivity contribution in [3.05, 3.63) is 53.8 Å². The van der Waals surface area contributed by atoms with Gasteiger partial charge in [-0.3, -0.25) is 4.57 Å². The van der Waals surface area contributed by atoms with Crippen molar-refractivity contribution < 1.29 is 9.15 Å². The normalized spacial score (nSPS) is 17.2. The Kier molecular flexibility index (Phi) is 4.90. The van der Waals surface area contributed by atoms with Crippen LogP contribution in [-0.2, 0) is 17.0 Å². The number of aryl methyl sites for hydroxylation is 1. The van der Waals surface area contributed by atoms with Crippen molar-refractivity contribution in [2.24, 2.45) is 0 Å². The van der Waals surface area contributed by atoms with Gasteiger partial charge < -0.3 is 9.15 Å². The summed E-state index contributed by atoms with van der Waals surface area (Å²) in [6.45, 7) is 3.71. The highest BCUT2D eigenvalue weighted by Crippen LogP contribution is 2.28. The number of nitrogens with zero attached hydrogens (tertiary/aromatic N) is 3. The van der Waals surface area contributed by atoms with Gasteiger partial charge in [0.25, 0.3) is 0 Å². The molecule has 4 rings (SSSR count). The number of hydrogen-bond acceptors (Lipinski definition) is 5. The molecule has 1 unspecified atom stereocenters. The van der Waals surface area contributed by atoms with Gasteiger partial charge in [0.15, 0.2) is 10.9 Å². The summed E-state index contributed by atoms with van der Waals surface area (Å²) in [6.07, 6.45) is 4.09. The number of furan rings is 1. The van der Waals surface area contributed by atoms with Crippen molar-refractivity contribution >= 4 is 11.8 Å². The number of ether oxygens (including phenoxy) is 1. The predicted octanol–water partition coefficient (Wildman–Crippen LogP) is 4.32. The molecule has 130 valence electrons. The van der Waals surface area contributed by atoms with Crippen molar-refractivity contribution in [3.8, 4) is 11.6 Å². The minimum Gasteiger partial charge on any atom is -0.461 e. The number of thioether (sulfide) groups is 1. The monoisotopic (exact) mass is 355 g/mol. The smallest absolute Gasteiger partial charge is 0.200 e. The van der Waals surface area contributed by atoms with Gasteiger partial charge in [0.1, 0.15) is 0 Å². The third-order valence-electron chi connectivity index (χ3n) is 4.36. The average Bonchev–Trinajstić information content (AvgIpc) is 3.37. The fourth-order valence-corrected chi connectivity index (χ4v) is 3.88. The molecule has 1 aliphatic rings. The largest absolute Gasteiger partial charge is 0.461 e. The fraction of sp³-hybridized carbons (Fsp3) is 0.368. The molecular formula is C19H21N3O2S. The van der Waals surface area contributed by atoms with Crippen LogP contribution >= 0.6 is 11.8 Å². The highest BCUT2D eigenvalue weighted by atomic mass is 32.2. The first-order valence-electron chi connectivity index (χ1n) is 8.56. The molecule has 0 spiro atoms. The van der Waals surface area contributed by atoms with Gasteiger partial charge in [-0.05, 0) is 37.5 Å². The van der Waals surface area contributed by atoms with E-state index in [1.807, 2.05) is 12.1 Å². The van der Waals surface area contributed by atoms with Crippen molar-refractivity contribution in [1.82, 2.24) is 14.8 Å². The van der Waals surface area contributed by atoms with Crippen LogP contribution in [0.1, 0.15) is 24.0 Å². The Labute approximate surface area is 151 Å². The second-order valence-electron chi connectivity index (χ2n) is 6.30. The van der Waals surface area contributed by atoms with Crippen molar-refractivity contribution in [2.45, 2.75) is 43.3 Å². The molecule has 0 saturated carbocycles. The van der Waals surface area contributed by atoms with Gasteiger partial charge in [-0.25, -0.2) is 0 Å². The maximum Gasteiger partial charge on any atom is 0.200 e. The van der Waals surface area contributed by atoms with E-state index in [4.69, 9.17) is 9.15 Å². The molecule has 2 aromatic heterocycles. The fourth-order valence-electron chi connectivity index (χ4n) is 2.97. The first-order chi connectivity index (χ1) is 12.3. The summed E-state index contributed by atoms with van der Waals surface area (Å²) in [5.74, 6) is 2.38. The Balaban J connectivity index is 1.56. The summed E-state index contributed by atoms with van der Waals surface area (Å²) >= 11 is 1.70. The molecule has 3 heterocycles. The molecule has 1 saturated heterocycles. The Bertz CT molecular complexity index is 806. The molecule has 1 aromatic carbocycles. The molecule has 5 nitrogen and oxygen atoms in total. The van der Waals surface area contributed by atoms with E-state index in [-0.39, 0.29) is 6.10 Å². The second-order valence-corrected chi connectivity index (χ2v) is 7.25. The average molecular weight is 355 g/mol. The van der Waals surface area contributed by atoms with Gasteiger partial charge in [0.05, 0.1) is 18.9 Å². The quantitative estimate of drug-likeness (QED) is 0.617. The lowest BCUT2D eigenvalue weighted by molar-refractivity contribution is 0.0952. The lowest BCUT2D eigenvalue weighted by atomic mass is 10.2. The highest BCUT2D eigenvalue weighted by molar-refractivity contribution is 7.98. The SMILES string of the molecule is Cc1ccc(CSc2nnc(-c3ccco3)n2CC2CCCO2)cc1. The van der Waals surface area contributed by atoms with Crippen LogP contribution in [0.4, 0.5) is 0 Å². The van der Waals surface area contributed by atoms with Gasteiger partial charge >= 0.3 is 0 Å². The maximum absolute atomic E-state index is 5.81. The van der Waals surface area contributed by atoms with E-state index in [9.17, 15) is 0 Å². The zero-order chi connectivity index (χ0) is 17.1. The van der Waals surface area contributed by atoms with Crippen LogP contribution in [0.5, 0.6) is 0 Å². The Morgan fingerprint density at radius 1 is 1.20 bits per heavy atom. The zero-order valence-corrected chi connectivity index (χ0v) is 15.0. The highest BCUT2D eigenvalue weighted by Gasteiger charge is 2.22. The van der Waals surface area contributed by atoms with Gasteiger partial charge in [0, 0.05) is 12.4 Å². The van der Waals surface area contributed by atoms with E-state index in [0.29, 0.717) is 0 Å². The van der Waals surface area contributed by atoms with E-state index in [1.165, 1.54) is 11.1 Å². The van der Waals surface area contributed by atoms with Crippen LogP contribution < -0.4 is 0 Å².